The Labute approximate surface area is 73.7 Å². The monoisotopic (exact) mass is 162 g/mol. The lowest BCUT2D eigenvalue weighted by Crippen LogP contribution is -2.09. The first kappa shape index (κ1) is 8.85. The molecule has 0 aromatic heterocycles. The average molecular weight is 162 g/mol. The lowest BCUT2D eigenvalue weighted by Gasteiger charge is -2.11. The van der Waals surface area contributed by atoms with Gasteiger partial charge >= 0.3 is 0 Å². The van der Waals surface area contributed by atoms with Crippen LogP contribution in [0.2, 0.25) is 0 Å². The van der Waals surface area contributed by atoms with Crippen LogP contribution in [0.5, 0.6) is 5.75 Å². The molecular formula is C11H14O. The van der Waals surface area contributed by atoms with Gasteiger partial charge in [0.05, 0.1) is 6.10 Å². The minimum Gasteiger partial charge on any atom is -0.490 e. The first-order valence-corrected chi connectivity index (χ1v) is 4.15. The van der Waals surface area contributed by atoms with Crippen LogP contribution in [0.1, 0.15) is 13.3 Å². The zero-order chi connectivity index (χ0) is 8.81. The first-order valence-electron chi connectivity index (χ1n) is 4.15. The zero-order valence-corrected chi connectivity index (χ0v) is 7.36. The summed E-state index contributed by atoms with van der Waals surface area (Å²) >= 11 is 0. The molecule has 1 rings (SSSR count). The van der Waals surface area contributed by atoms with E-state index in [4.69, 9.17) is 4.74 Å². The van der Waals surface area contributed by atoms with E-state index < -0.39 is 0 Å². The third-order valence-electron chi connectivity index (χ3n) is 1.58. The molecule has 0 aliphatic carbocycles. The summed E-state index contributed by atoms with van der Waals surface area (Å²) in [6, 6.07) is 9.83. The van der Waals surface area contributed by atoms with Gasteiger partial charge in [-0.1, -0.05) is 24.3 Å². The predicted molar refractivity (Wildman–Crippen MR) is 51.3 cm³/mol. The quantitative estimate of drug-likeness (QED) is 0.618. The Hall–Kier alpha value is -1.24. The van der Waals surface area contributed by atoms with Crippen molar-refractivity contribution in [2.24, 2.45) is 0 Å². The molecule has 0 bridgehead atoms. The summed E-state index contributed by atoms with van der Waals surface area (Å²) in [5.74, 6) is 0.923. The van der Waals surface area contributed by atoms with Gasteiger partial charge in [0.15, 0.2) is 0 Å². The second-order valence-corrected chi connectivity index (χ2v) is 2.77. The number of rotatable bonds is 4. The molecule has 1 unspecified atom stereocenters. The highest BCUT2D eigenvalue weighted by molar-refractivity contribution is 5.21. The van der Waals surface area contributed by atoms with Gasteiger partial charge in [-0.3, -0.25) is 0 Å². The van der Waals surface area contributed by atoms with Crippen LogP contribution in [-0.2, 0) is 0 Å². The highest BCUT2D eigenvalue weighted by Gasteiger charge is 1.99. The van der Waals surface area contributed by atoms with Crippen molar-refractivity contribution in [3.63, 3.8) is 0 Å². The predicted octanol–water partition coefficient (Wildman–Crippen LogP) is 3.03. The fourth-order valence-corrected chi connectivity index (χ4v) is 1.01. The van der Waals surface area contributed by atoms with Gasteiger partial charge in [0, 0.05) is 6.42 Å². The zero-order valence-electron chi connectivity index (χ0n) is 7.36. The second-order valence-electron chi connectivity index (χ2n) is 2.77. The van der Waals surface area contributed by atoms with E-state index in [-0.39, 0.29) is 6.10 Å². The van der Waals surface area contributed by atoms with Gasteiger partial charge in [-0.2, -0.15) is 0 Å². The standard InChI is InChI=1S/C11H14O/c1-3-7-10(2)12-11-8-5-4-6-9-11/h3-6,8-10H,1,7H2,2H3. The van der Waals surface area contributed by atoms with Crippen LogP contribution in [-0.4, -0.2) is 6.10 Å². The van der Waals surface area contributed by atoms with Crippen molar-refractivity contribution in [2.45, 2.75) is 19.4 Å². The van der Waals surface area contributed by atoms with E-state index in [1.807, 2.05) is 43.3 Å². The van der Waals surface area contributed by atoms with Crippen molar-refractivity contribution >= 4 is 0 Å². The molecule has 1 aromatic rings. The van der Waals surface area contributed by atoms with Crippen LogP contribution in [0.15, 0.2) is 43.0 Å². The van der Waals surface area contributed by atoms with Crippen molar-refractivity contribution in [3.8, 4) is 5.75 Å². The van der Waals surface area contributed by atoms with Crippen LogP contribution in [0, 0.1) is 0 Å². The Morgan fingerprint density at radius 1 is 1.42 bits per heavy atom. The molecule has 1 aromatic carbocycles. The van der Waals surface area contributed by atoms with Crippen molar-refractivity contribution in [2.75, 3.05) is 0 Å². The molecular weight excluding hydrogens is 148 g/mol. The molecule has 0 fully saturated rings. The minimum atomic E-state index is 0.213. The Bertz CT molecular complexity index is 228. The fourth-order valence-electron chi connectivity index (χ4n) is 1.01. The first-order chi connectivity index (χ1) is 5.83. The molecule has 1 nitrogen and oxygen atoms in total. The molecule has 0 saturated heterocycles. The summed E-state index contributed by atoms with van der Waals surface area (Å²) in [4.78, 5) is 0. The lowest BCUT2D eigenvalue weighted by molar-refractivity contribution is 0.225. The topological polar surface area (TPSA) is 9.23 Å². The maximum Gasteiger partial charge on any atom is 0.119 e. The Balaban J connectivity index is 2.46. The SMILES string of the molecule is C=CCC(C)Oc1ccccc1. The molecule has 0 N–H and O–H groups in total. The van der Waals surface area contributed by atoms with E-state index in [0.717, 1.165) is 12.2 Å². The Kier molecular flexibility index (Phi) is 3.39. The summed E-state index contributed by atoms with van der Waals surface area (Å²) in [6.07, 6.45) is 2.97. The Morgan fingerprint density at radius 2 is 2.08 bits per heavy atom. The molecule has 12 heavy (non-hydrogen) atoms. The Morgan fingerprint density at radius 3 is 2.67 bits per heavy atom. The van der Waals surface area contributed by atoms with E-state index in [2.05, 4.69) is 6.58 Å². The maximum atomic E-state index is 5.58. The summed E-state index contributed by atoms with van der Waals surface area (Å²) in [5.41, 5.74) is 0. The van der Waals surface area contributed by atoms with Gasteiger partial charge in [-0.15, -0.1) is 6.58 Å². The summed E-state index contributed by atoms with van der Waals surface area (Å²) in [6.45, 7) is 5.70. The molecule has 0 aliphatic rings. The maximum absolute atomic E-state index is 5.58. The van der Waals surface area contributed by atoms with Crippen molar-refractivity contribution in [1.29, 1.82) is 0 Å². The van der Waals surface area contributed by atoms with Gasteiger partial charge in [0.1, 0.15) is 5.75 Å². The fraction of sp³-hybridized carbons (Fsp3) is 0.273. The molecule has 0 radical (unpaired) electrons. The van der Waals surface area contributed by atoms with Gasteiger partial charge in [-0.25, -0.2) is 0 Å². The van der Waals surface area contributed by atoms with Crippen molar-refractivity contribution < 1.29 is 4.74 Å². The highest BCUT2D eigenvalue weighted by Crippen LogP contribution is 2.11. The van der Waals surface area contributed by atoms with E-state index in [1.165, 1.54) is 0 Å². The summed E-state index contributed by atoms with van der Waals surface area (Å²) in [7, 11) is 0. The van der Waals surface area contributed by atoms with Gasteiger partial charge in [0.2, 0.25) is 0 Å². The number of para-hydroxylation sites is 1. The largest absolute Gasteiger partial charge is 0.490 e. The molecule has 0 heterocycles. The normalized spacial score (nSPS) is 12.1. The minimum absolute atomic E-state index is 0.213. The van der Waals surface area contributed by atoms with Crippen LogP contribution >= 0.6 is 0 Å². The van der Waals surface area contributed by atoms with E-state index in [9.17, 15) is 0 Å². The van der Waals surface area contributed by atoms with Crippen molar-refractivity contribution in [3.05, 3.63) is 43.0 Å². The van der Waals surface area contributed by atoms with Gasteiger partial charge in [-0.05, 0) is 19.1 Å². The number of hydrogen-bond donors (Lipinski definition) is 0. The number of hydrogen-bond acceptors (Lipinski definition) is 1. The third-order valence-corrected chi connectivity index (χ3v) is 1.58. The number of ether oxygens (including phenoxy) is 1. The molecule has 0 saturated carbocycles. The van der Waals surface area contributed by atoms with Crippen LogP contribution in [0.25, 0.3) is 0 Å². The lowest BCUT2D eigenvalue weighted by atomic mass is 10.3. The third kappa shape index (κ3) is 2.79. The van der Waals surface area contributed by atoms with Crippen molar-refractivity contribution in [1.82, 2.24) is 0 Å². The van der Waals surface area contributed by atoms with Crippen LogP contribution in [0.4, 0.5) is 0 Å². The molecule has 64 valence electrons. The number of benzene rings is 1. The van der Waals surface area contributed by atoms with Crippen LogP contribution < -0.4 is 4.74 Å². The van der Waals surface area contributed by atoms with E-state index >= 15 is 0 Å². The molecule has 0 amide bonds. The second kappa shape index (κ2) is 4.60. The summed E-state index contributed by atoms with van der Waals surface area (Å²) in [5, 5.41) is 0. The highest BCUT2D eigenvalue weighted by atomic mass is 16.5. The van der Waals surface area contributed by atoms with Gasteiger partial charge < -0.3 is 4.74 Å². The molecule has 0 spiro atoms. The average Bonchev–Trinajstić information content (AvgIpc) is 2.06. The molecule has 1 atom stereocenters. The smallest absolute Gasteiger partial charge is 0.119 e. The van der Waals surface area contributed by atoms with Crippen LogP contribution in [0.3, 0.4) is 0 Å². The van der Waals surface area contributed by atoms with Gasteiger partial charge in [0.25, 0.3) is 0 Å². The molecule has 0 aliphatic heterocycles. The summed E-state index contributed by atoms with van der Waals surface area (Å²) < 4.78 is 5.58. The van der Waals surface area contributed by atoms with E-state index in [1.54, 1.807) is 0 Å². The molecule has 1 heteroatoms. The van der Waals surface area contributed by atoms with E-state index in [0.29, 0.717) is 0 Å².